The number of nitrogens with one attached hydrogen (secondary N) is 3. The number of hydrogen-bond donors (Lipinski definition) is 5. The van der Waals surface area contributed by atoms with Crippen LogP contribution in [0.25, 0.3) is 0 Å². The Bertz CT molecular complexity index is 1160. The van der Waals surface area contributed by atoms with Crippen LogP contribution in [0.5, 0.6) is 0 Å². The zero-order valence-electron chi connectivity index (χ0n) is 26.9. The standard InChI is InChI=1S/C29H51N5O7S2/c1-20(2)17-34(43(40,41)32-28(3,4)16-25(37)38)18-23(35)22(15-21-13-11-10-12-14-21)30-27(39)26(29(5,6)42-9)31-24(36)19-33(7)8/h10-14,20,22-23,26,32,35H,15-19H2,1-9H3,(H,30,39)(H,31,36)(H,37,38)/t22-,23+,26+/m0/s1. The molecule has 5 N–H and O–H groups in total. The number of hydrogen-bond acceptors (Lipinski definition) is 8. The van der Waals surface area contributed by atoms with Crippen molar-refractivity contribution in [3.8, 4) is 0 Å². The average Bonchev–Trinajstić information content (AvgIpc) is 2.84. The molecule has 12 nitrogen and oxygen atoms in total. The molecule has 1 aromatic carbocycles. The lowest BCUT2D eigenvalue weighted by molar-refractivity contribution is -0.138. The molecule has 0 aromatic heterocycles. The van der Waals surface area contributed by atoms with Gasteiger partial charge in [-0.25, -0.2) is 0 Å². The number of benzene rings is 1. The highest BCUT2D eigenvalue weighted by molar-refractivity contribution is 8.00. The Balaban J connectivity index is 3.40. The Morgan fingerprint density at radius 1 is 1.00 bits per heavy atom. The van der Waals surface area contributed by atoms with E-state index in [0.29, 0.717) is 0 Å². The van der Waals surface area contributed by atoms with Crippen LogP contribution >= 0.6 is 11.8 Å². The molecular formula is C29H51N5O7S2. The van der Waals surface area contributed by atoms with Gasteiger partial charge < -0.3 is 25.7 Å². The number of carboxylic acids is 1. The van der Waals surface area contributed by atoms with Crippen molar-refractivity contribution in [1.29, 1.82) is 0 Å². The summed E-state index contributed by atoms with van der Waals surface area (Å²) in [5.74, 6) is -2.12. The summed E-state index contributed by atoms with van der Waals surface area (Å²) in [6.45, 7) is 10.0. The number of carboxylic acid groups (broad SMARTS) is 1. The van der Waals surface area contributed by atoms with Crippen LogP contribution in [-0.2, 0) is 31.0 Å². The van der Waals surface area contributed by atoms with E-state index in [2.05, 4.69) is 15.4 Å². The molecule has 0 aliphatic rings. The molecule has 0 radical (unpaired) electrons. The van der Waals surface area contributed by atoms with Crippen molar-refractivity contribution in [1.82, 2.24) is 24.6 Å². The van der Waals surface area contributed by atoms with Crippen molar-refractivity contribution >= 4 is 39.8 Å². The van der Waals surface area contributed by atoms with Crippen molar-refractivity contribution in [3.63, 3.8) is 0 Å². The summed E-state index contributed by atoms with van der Waals surface area (Å²) >= 11 is 1.40. The summed E-state index contributed by atoms with van der Waals surface area (Å²) in [5.41, 5.74) is -0.479. The second kappa shape index (κ2) is 16.7. The van der Waals surface area contributed by atoms with Gasteiger partial charge in [0.1, 0.15) is 6.04 Å². The topological polar surface area (TPSA) is 168 Å². The quantitative estimate of drug-likeness (QED) is 0.149. The van der Waals surface area contributed by atoms with Gasteiger partial charge in [-0.05, 0) is 65.9 Å². The van der Waals surface area contributed by atoms with Gasteiger partial charge in [0.25, 0.3) is 10.2 Å². The highest BCUT2D eigenvalue weighted by atomic mass is 32.2. The molecule has 0 spiro atoms. The summed E-state index contributed by atoms with van der Waals surface area (Å²) in [5, 5.41) is 26.5. The summed E-state index contributed by atoms with van der Waals surface area (Å²) < 4.78 is 29.7. The molecule has 0 fully saturated rings. The Morgan fingerprint density at radius 2 is 1.58 bits per heavy atom. The molecule has 1 rings (SSSR count). The van der Waals surface area contributed by atoms with E-state index in [1.165, 1.54) is 25.6 Å². The first-order valence-electron chi connectivity index (χ1n) is 14.2. The van der Waals surface area contributed by atoms with Crippen LogP contribution in [0.1, 0.15) is 53.5 Å². The second-order valence-electron chi connectivity index (χ2n) is 12.7. The van der Waals surface area contributed by atoms with Crippen LogP contribution in [0.3, 0.4) is 0 Å². The predicted octanol–water partition coefficient (Wildman–Crippen LogP) is 1.31. The number of aliphatic hydroxyl groups is 1. The number of nitrogens with zero attached hydrogens (tertiary/aromatic N) is 2. The summed E-state index contributed by atoms with van der Waals surface area (Å²) in [6, 6.07) is 7.30. The first kappa shape index (κ1) is 38.8. The van der Waals surface area contributed by atoms with Gasteiger partial charge in [-0.15, -0.1) is 0 Å². The maximum atomic E-state index is 13.8. The smallest absolute Gasteiger partial charge is 0.305 e. The molecule has 2 amide bonds. The Morgan fingerprint density at radius 3 is 2.07 bits per heavy atom. The minimum Gasteiger partial charge on any atom is -0.481 e. The van der Waals surface area contributed by atoms with E-state index >= 15 is 0 Å². The molecule has 0 unspecified atom stereocenters. The summed E-state index contributed by atoms with van der Waals surface area (Å²) in [7, 11) is -0.749. The maximum Gasteiger partial charge on any atom is 0.305 e. The monoisotopic (exact) mass is 645 g/mol. The van der Waals surface area contributed by atoms with Crippen molar-refractivity contribution in [3.05, 3.63) is 35.9 Å². The number of aliphatic carboxylic acids is 1. The van der Waals surface area contributed by atoms with E-state index in [4.69, 9.17) is 0 Å². The number of likely N-dealkylation sites (N-methyl/N-ethyl adjacent to an activating group) is 1. The second-order valence-corrected chi connectivity index (χ2v) is 15.8. The third-order valence-corrected chi connectivity index (χ3v) is 9.71. The van der Waals surface area contributed by atoms with Gasteiger partial charge in [-0.3, -0.25) is 14.4 Å². The first-order chi connectivity index (χ1) is 19.7. The van der Waals surface area contributed by atoms with Crippen molar-refractivity contribution < 1.29 is 33.0 Å². The molecule has 14 heteroatoms. The number of rotatable bonds is 19. The Kier molecular flexibility index (Phi) is 15.1. The van der Waals surface area contributed by atoms with Gasteiger partial charge in [0.05, 0.1) is 25.1 Å². The van der Waals surface area contributed by atoms with Gasteiger partial charge >= 0.3 is 5.97 Å². The lowest BCUT2D eigenvalue weighted by atomic mass is 9.98. The Hall–Kier alpha value is -2.23. The van der Waals surface area contributed by atoms with Crippen molar-refractivity contribution in [2.24, 2.45) is 5.92 Å². The number of amides is 2. The van der Waals surface area contributed by atoms with E-state index in [-0.39, 0.29) is 37.9 Å². The third kappa shape index (κ3) is 14.0. The van der Waals surface area contributed by atoms with E-state index in [1.807, 2.05) is 64.3 Å². The Labute approximate surface area is 261 Å². The van der Waals surface area contributed by atoms with E-state index in [0.717, 1.165) is 9.87 Å². The molecule has 43 heavy (non-hydrogen) atoms. The zero-order chi connectivity index (χ0) is 33.2. The SMILES string of the molecule is CSC(C)(C)[C@H](NC(=O)CN(C)C)C(=O)N[C@@H](Cc1ccccc1)[C@H](O)CN(CC(C)C)S(=O)(=O)NC(C)(C)CC(=O)O. The fourth-order valence-corrected chi connectivity index (χ4v) is 6.57. The molecule has 246 valence electrons. The fraction of sp³-hybridized carbons (Fsp3) is 0.690. The fourth-order valence-electron chi connectivity index (χ4n) is 4.43. The lowest BCUT2D eigenvalue weighted by Crippen LogP contribution is -2.61. The number of carbonyl (C=O) groups excluding carboxylic acids is 2. The lowest BCUT2D eigenvalue weighted by Gasteiger charge is -2.36. The van der Waals surface area contributed by atoms with E-state index in [1.54, 1.807) is 19.0 Å². The van der Waals surface area contributed by atoms with Crippen LogP contribution in [-0.4, -0.2) is 114 Å². The maximum absolute atomic E-state index is 13.8. The molecule has 0 bridgehead atoms. The number of thioether (sulfide) groups is 1. The molecule has 3 atom stereocenters. The van der Waals surface area contributed by atoms with Gasteiger partial charge in [-0.1, -0.05) is 44.2 Å². The summed E-state index contributed by atoms with van der Waals surface area (Å²) in [6.07, 6.45) is 0.238. The van der Waals surface area contributed by atoms with Gasteiger partial charge in [0.15, 0.2) is 0 Å². The average molecular weight is 646 g/mol. The van der Waals surface area contributed by atoms with Crippen molar-refractivity contribution in [2.45, 2.75) is 82.9 Å². The van der Waals surface area contributed by atoms with Crippen molar-refractivity contribution in [2.75, 3.05) is 40.0 Å². The van der Waals surface area contributed by atoms with Gasteiger partial charge in [-0.2, -0.15) is 29.2 Å². The molecule has 0 saturated heterocycles. The van der Waals surface area contributed by atoms with Crippen LogP contribution in [0.2, 0.25) is 0 Å². The molecular weight excluding hydrogens is 594 g/mol. The van der Waals surface area contributed by atoms with E-state index < -0.39 is 57.0 Å². The van der Waals surface area contributed by atoms with Crippen LogP contribution < -0.4 is 15.4 Å². The van der Waals surface area contributed by atoms with Crippen LogP contribution in [0, 0.1) is 5.92 Å². The molecule has 1 aromatic rings. The normalized spacial score (nSPS) is 14.9. The zero-order valence-corrected chi connectivity index (χ0v) is 28.5. The number of carbonyl (C=O) groups is 3. The van der Waals surface area contributed by atoms with Gasteiger partial charge in [0.2, 0.25) is 11.8 Å². The highest BCUT2D eigenvalue weighted by Gasteiger charge is 2.39. The largest absolute Gasteiger partial charge is 0.481 e. The highest BCUT2D eigenvalue weighted by Crippen LogP contribution is 2.26. The van der Waals surface area contributed by atoms with Crippen LogP contribution in [0.4, 0.5) is 0 Å². The first-order valence-corrected chi connectivity index (χ1v) is 16.9. The molecule has 0 aliphatic heterocycles. The molecule has 0 heterocycles. The third-order valence-electron chi connectivity index (χ3n) is 6.64. The number of aliphatic hydroxyl groups excluding tert-OH is 1. The molecule has 0 aliphatic carbocycles. The van der Waals surface area contributed by atoms with E-state index in [9.17, 15) is 33.0 Å². The van der Waals surface area contributed by atoms with Crippen LogP contribution in [0.15, 0.2) is 30.3 Å². The van der Waals surface area contributed by atoms with Gasteiger partial charge in [0, 0.05) is 23.4 Å². The molecule has 0 saturated carbocycles. The minimum absolute atomic E-state index is 0.0459. The predicted molar refractivity (Wildman–Crippen MR) is 171 cm³/mol. The minimum atomic E-state index is -4.24. The summed E-state index contributed by atoms with van der Waals surface area (Å²) in [4.78, 5) is 39.4.